The minimum absolute atomic E-state index is 0.324. The molecule has 0 bridgehead atoms. The molecule has 0 radical (unpaired) electrons. The van der Waals surface area contributed by atoms with Gasteiger partial charge in [-0.3, -0.25) is 0 Å². The van der Waals surface area contributed by atoms with Crippen LogP contribution in [0, 0.1) is 5.82 Å². The van der Waals surface area contributed by atoms with Crippen molar-refractivity contribution in [3.8, 4) is 0 Å². The first-order valence-corrected chi connectivity index (χ1v) is 4.76. The zero-order valence-electron chi connectivity index (χ0n) is 7.22. The Bertz CT molecular complexity index is 291. The molecule has 1 unspecified atom stereocenters. The molecule has 72 valence electrons. The van der Waals surface area contributed by atoms with E-state index >= 15 is 0 Å². The van der Waals surface area contributed by atoms with Crippen molar-refractivity contribution in [2.24, 2.45) is 0 Å². The second kappa shape index (κ2) is 4.58. The lowest BCUT2D eigenvalue weighted by atomic mass is 10.3. The number of hydrogen-bond donors (Lipinski definition) is 2. The van der Waals surface area contributed by atoms with E-state index in [9.17, 15) is 4.39 Å². The van der Waals surface area contributed by atoms with E-state index in [1.807, 2.05) is 0 Å². The predicted octanol–water partition coefficient (Wildman–Crippen LogP) is 2.38. The summed E-state index contributed by atoms with van der Waals surface area (Å²) in [6, 6.07) is 4.75. The molecule has 0 spiro atoms. The van der Waals surface area contributed by atoms with Crippen molar-refractivity contribution in [2.45, 2.75) is 13.0 Å². The quantitative estimate of drug-likeness (QED) is 0.860. The molecule has 0 aliphatic carbocycles. The van der Waals surface area contributed by atoms with Crippen LogP contribution in [0.5, 0.6) is 0 Å². The molecule has 0 heterocycles. The molecule has 0 saturated heterocycles. The minimum Gasteiger partial charge on any atom is -0.392 e. The monoisotopic (exact) mass is 247 g/mol. The van der Waals surface area contributed by atoms with Gasteiger partial charge in [-0.05, 0) is 25.1 Å². The van der Waals surface area contributed by atoms with Crippen molar-refractivity contribution in [3.05, 3.63) is 28.5 Å². The fraction of sp³-hybridized carbons (Fsp3) is 0.333. The summed E-state index contributed by atoms with van der Waals surface area (Å²) in [6.07, 6.45) is -0.483. The largest absolute Gasteiger partial charge is 0.392 e. The van der Waals surface area contributed by atoms with E-state index in [0.717, 1.165) is 0 Å². The average Bonchev–Trinajstić information content (AvgIpc) is 2.02. The fourth-order valence-electron chi connectivity index (χ4n) is 0.891. The molecular formula is C9H11BrFNO. The second-order valence-corrected chi connectivity index (χ2v) is 3.77. The van der Waals surface area contributed by atoms with Gasteiger partial charge in [0.15, 0.2) is 0 Å². The van der Waals surface area contributed by atoms with Crippen molar-refractivity contribution in [1.82, 2.24) is 0 Å². The van der Waals surface area contributed by atoms with Crippen molar-refractivity contribution >= 4 is 21.6 Å². The molecule has 1 aromatic carbocycles. The summed E-state index contributed by atoms with van der Waals surface area (Å²) in [5.74, 6) is -0.324. The average molecular weight is 248 g/mol. The van der Waals surface area contributed by atoms with Gasteiger partial charge in [0.1, 0.15) is 5.82 Å². The third-order valence-corrected chi connectivity index (χ3v) is 2.01. The molecular weight excluding hydrogens is 237 g/mol. The first-order valence-electron chi connectivity index (χ1n) is 3.96. The Morgan fingerprint density at radius 3 is 2.85 bits per heavy atom. The lowest BCUT2D eigenvalue weighted by Crippen LogP contribution is -2.15. The van der Waals surface area contributed by atoms with Gasteiger partial charge in [0.2, 0.25) is 0 Å². The number of aliphatic hydroxyl groups excluding tert-OH is 1. The fourth-order valence-corrected chi connectivity index (χ4v) is 1.22. The highest BCUT2D eigenvalue weighted by molar-refractivity contribution is 9.10. The Morgan fingerprint density at radius 2 is 2.31 bits per heavy atom. The highest BCUT2D eigenvalue weighted by Crippen LogP contribution is 2.18. The number of anilines is 1. The van der Waals surface area contributed by atoms with E-state index in [1.165, 1.54) is 6.07 Å². The molecule has 2 nitrogen and oxygen atoms in total. The normalized spacial score (nSPS) is 12.6. The molecule has 1 atom stereocenters. The maximum absolute atomic E-state index is 13.1. The van der Waals surface area contributed by atoms with Gasteiger partial charge in [-0.25, -0.2) is 4.39 Å². The Balaban J connectivity index is 2.67. The molecule has 0 amide bonds. The van der Waals surface area contributed by atoms with Crippen LogP contribution in [0.4, 0.5) is 10.1 Å². The Labute approximate surface area is 84.9 Å². The van der Waals surface area contributed by atoms with Crippen LogP contribution >= 0.6 is 15.9 Å². The van der Waals surface area contributed by atoms with Crippen LogP contribution in [0.25, 0.3) is 0 Å². The summed E-state index contributed by atoms with van der Waals surface area (Å²) in [7, 11) is 0. The summed E-state index contributed by atoms with van der Waals surface area (Å²) in [5.41, 5.74) is 0.407. The zero-order chi connectivity index (χ0) is 9.84. The molecule has 1 aromatic rings. The predicted molar refractivity (Wildman–Crippen MR) is 54.3 cm³/mol. The SMILES string of the molecule is CC(O)CNc1ccc(Br)cc1F. The Kier molecular flexibility index (Phi) is 3.69. The van der Waals surface area contributed by atoms with Gasteiger partial charge in [-0.2, -0.15) is 0 Å². The summed E-state index contributed by atoms with van der Waals surface area (Å²) in [5, 5.41) is 11.8. The van der Waals surface area contributed by atoms with E-state index in [2.05, 4.69) is 21.2 Å². The highest BCUT2D eigenvalue weighted by atomic mass is 79.9. The van der Waals surface area contributed by atoms with Gasteiger partial charge in [-0.1, -0.05) is 15.9 Å². The first kappa shape index (κ1) is 10.5. The minimum atomic E-state index is -0.483. The summed E-state index contributed by atoms with van der Waals surface area (Å²) in [6.45, 7) is 1.99. The number of rotatable bonds is 3. The van der Waals surface area contributed by atoms with Gasteiger partial charge < -0.3 is 10.4 Å². The van der Waals surface area contributed by atoms with E-state index in [1.54, 1.807) is 19.1 Å². The maximum Gasteiger partial charge on any atom is 0.147 e. The van der Waals surface area contributed by atoms with Crippen LogP contribution in [-0.2, 0) is 0 Å². The topological polar surface area (TPSA) is 32.3 Å². The lowest BCUT2D eigenvalue weighted by Gasteiger charge is -2.09. The molecule has 2 N–H and O–H groups in total. The molecule has 0 aliphatic heterocycles. The standard InChI is InChI=1S/C9H11BrFNO/c1-6(13)5-12-9-3-2-7(10)4-8(9)11/h2-4,6,12-13H,5H2,1H3. The zero-order valence-corrected chi connectivity index (χ0v) is 8.81. The Morgan fingerprint density at radius 1 is 1.62 bits per heavy atom. The highest BCUT2D eigenvalue weighted by Gasteiger charge is 2.02. The number of nitrogens with one attached hydrogen (secondary N) is 1. The van der Waals surface area contributed by atoms with Crippen LogP contribution in [0.3, 0.4) is 0 Å². The van der Waals surface area contributed by atoms with Crippen molar-refractivity contribution in [3.63, 3.8) is 0 Å². The third kappa shape index (κ3) is 3.32. The van der Waals surface area contributed by atoms with Gasteiger partial charge in [-0.15, -0.1) is 0 Å². The summed E-state index contributed by atoms with van der Waals surface area (Å²) in [4.78, 5) is 0. The van der Waals surface area contributed by atoms with Crippen LogP contribution in [-0.4, -0.2) is 17.8 Å². The maximum atomic E-state index is 13.1. The molecule has 1 rings (SSSR count). The first-order chi connectivity index (χ1) is 6.09. The molecule has 0 aliphatic rings. The van der Waals surface area contributed by atoms with Crippen LogP contribution in [0.2, 0.25) is 0 Å². The summed E-state index contributed by atoms with van der Waals surface area (Å²) >= 11 is 3.16. The molecule has 13 heavy (non-hydrogen) atoms. The van der Waals surface area contributed by atoms with E-state index < -0.39 is 6.10 Å². The molecule has 0 fully saturated rings. The van der Waals surface area contributed by atoms with Gasteiger partial charge in [0.25, 0.3) is 0 Å². The second-order valence-electron chi connectivity index (χ2n) is 2.85. The van der Waals surface area contributed by atoms with Gasteiger partial charge in [0.05, 0.1) is 11.8 Å². The van der Waals surface area contributed by atoms with Crippen LogP contribution in [0.15, 0.2) is 22.7 Å². The van der Waals surface area contributed by atoms with E-state index in [0.29, 0.717) is 16.7 Å². The van der Waals surface area contributed by atoms with Crippen molar-refractivity contribution < 1.29 is 9.50 Å². The third-order valence-electron chi connectivity index (χ3n) is 1.52. The molecule has 0 aromatic heterocycles. The number of aliphatic hydroxyl groups is 1. The van der Waals surface area contributed by atoms with Gasteiger partial charge >= 0.3 is 0 Å². The van der Waals surface area contributed by atoms with Gasteiger partial charge in [0, 0.05) is 11.0 Å². The molecule has 4 heteroatoms. The number of benzene rings is 1. The van der Waals surface area contributed by atoms with Crippen LogP contribution in [0.1, 0.15) is 6.92 Å². The summed E-state index contributed by atoms with van der Waals surface area (Å²) < 4.78 is 13.8. The number of halogens is 2. The van der Waals surface area contributed by atoms with Crippen molar-refractivity contribution in [2.75, 3.05) is 11.9 Å². The smallest absolute Gasteiger partial charge is 0.147 e. The van der Waals surface area contributed by atoms with E-state index in [-0.39, 0.29) is 5.82 Å². The van der Waals surface area contributed by atoms with E-state index in [4.69, 9.17) is 5.11 Å². The Hall–Kier alpha value is -0.610. The lowest BCUT2D eigenvalue weighted by molar-refractivity contribution is 0.208. The van der Waals surface area contributed by atoms with Crippen molar-refractivity contribution in [1.29, 1.82) is 0 Å². The molecule has 0 saturated carbocycles. The number of hydrogen-bond acceptors (Lipinski definition) is 2. The van der Waals surface area contributed by atoms with Crippen LogP contribution < -0.4 is 5.32 Å².